The number of hydrogen-bond donors (Lipinski definition) is 1. The summed E-state index contributed by atoms with van der Waals surface area (Å²) < 4.78 is 0. The Morgan fingerprint density at radius 1 is 1.33 bits per heavy atom. The van der Waals surface area contributed by atoms with Crippen LogP contribution < -0.4 is 0 Å². The van der Waals surface area contributed by atoms with Gasteiger partial charge in [-0.05, 0) is 19.1 Å². The van der Waals surface area contributed by atoms with Gasteiger partial charge >= 0.3 is 0 Å². The summed E-state index contributed by atoms with van der Waals surface area (Å²) in [6.45, 7) is 1.49. The molecular weight excluding hydrogens is 208 g/mol. The molecule has 4 heteroatoms. The predicted molar refractivity (Wildman–Crippen MR) is 61.9 cm³/mol. The molecule has 0 fully saturated rings. The van der Waals surface area contributed by atoms with E-state index >= 15 is 0 Å². The largest absolute Gasteiger partial charge is 0.298 e. The summed E-state index contributed by atoms with van der Waals surface area (Å²) in [4.78, 5) is 19.7. The van der Waals surface area contributed by atoms with E-state index in [0.717, 1.165) is 11.0 Å². The van der Waals surface area contributed by atoms with Crippen molar-refractivity contribution in [2.24, 2.45) is 0 Å². The van der Waals surface area contributed by atoms with Crippen LogP contribution in [-0.4, -0.2) is 15.8 Å². The summed E-state index contributed by atoms with van der Waals surface area (Å²) in [6, 6.07) is 7.54. The quantitative estimate of drug-likeness (QED) is 0.786. The lowest BCUT2D eigenvalue weighted by Gasteiger charge is -2.06. The molecule has 0 aliphatic heterocycles. The van der Waals surface area contributed by atoms with Gasteiger partial charge in [-0.25, -0.2) is 4.98 Å². The van der Waals surface area contributed by atoms with Gasteiger partial charge in [-0.3, -0.25) is 9.78 Å². The Hall–Kier alpha value is -1.42. The number of para-hydroxylation sites is 2. The average molecular weight is 218 g/mol. The fourth-order valence-electron chi connectivity index (χ4n) is 1.31. The molecule has 2 aromatic rings. The van der Waals surface area contributed by atoms with Crippen molar-refractivity contribution in [3.05, 3.63) is 36.2 Å². The van der Waals surface area contributed by atoms with Crippen LogP contribution in [0, 0.1) is 0 Å². The summed E-state index contributed by atoms with van der Waals surface area (Å²) >= 11 is 4.19. The third-order valence-corrected chi connectivity index (χ3v) is 2.76. The van der Waals surface area contributed by atoms with E-state index in [1.54, 1.807) is 6.20 Å². The monoisotopic (exact) mass is 218 g/mol. The van der Waals surface area contributed by atoms with Crippen LogP contribution in [0.25, 0.3) is 11.0 Å². The smallest absolute Gasteiger partial charge is 0.148 e. The SMILES string of the molecule is CC(=O)C(S)c1cnc2ccccc2n1. The number of Topliss-reactive ketones (excluding diaryl/α,β-unsaturated/α-hetero) is 1. The van der Waals surface area contributed by atoms with Crippen molar-refractivity contribution in [2.45, 2.75) is 12.2 Å². The number of nitrogens with zero attached hydrogens (tertiary/aromatic N) is 2. The zero-order valence-electron chi connectivity index (χ0n) is 8.21. The van der Waals surface area contributed by atoms with Gasteiger partial charge in [-0.2, -0.15) is 12.6 Å². The maximum absolute atomic E-state index is 11.1. The van der Waals surface area contributed by atoms with E-state index < -0.39 is 5.25 Å². The summed E-state index contributed by atoms with van der Waals surface area (Å²) in [5.74, 6) is -0.0251. The lowest BCUT2D eigenvalue weighted by molar-refractivity contribution is -0.116. The third kappa shape index (κ3) is 1.99. The van der Waals surface area contributed by atoms with Gasteiger partial charge in [0, 0.05) is 0 Å². The molecule has 1 atom stereocenters. The predicted octanol–water partition coefficient (Wildman–Crippen LogP) is 2.19. The van der Waals surface area contributed by atoms with E-state index in [0.29, 0.717) is 5.69 Å². The van der Waals surface area contributed by atoms with E-state index in [1.165, 1.54) is 6.92 Å². The molecule has 0 radical (unpaired) electrons. The number of benzene rings is 1. The first-order valence-electron chi connectivity index (χ1n) is 4.58. The van der Waals surface area contributed by atoms with Crippen LogP contribution in [0.1, 0.15) is 17.9 Å². The number of aromatic nitrogens is 2. The highest BCUT2D eigenvalue weighted by atomic mass is 32.1. The van der Waals surface area contributed by atoms with Crippen molar-refractivity contribution in [2.75, 3.05) is 0 Å². The number of hydrogen-bond acceptors (Lipinski definition) is 4. The van der Waals surface area contributed by atoms with E-state index in [1.807, 2.05) is 24.3 Å². The number of fused-ring (bicyclic) bond motifs is 1. The van der Waals surface area contributed by atoms with Gasteiger partial charge in [0.1, 0.15) is 11.0 Å². The van der Waals surface area contributed by atoms with E-state index in [9.17, 15) is 4.79 Å². The minimum atomic E-state index is -0.484. The number of thiol groups is 1. The van der Waals surface area contributed by atoms with E-state index in [4.69, 9.17) is 0 Å². The lowest BCUT2D eigenvalue weighted by atomic mass is 10.2. The van der Waals surface area contributed by atoms with Crippen molar-refractivity contribution in [1.82, 2.24) is 9.97 Å². The number of ketones is 1. The van der Waals surface area contributed by atoms with Crippen molar-refractivity contribution in [1.29, 1.82) is 0 Å². The second kappa shape index (κ2) is 3.98. The zero-order valence-corrected chi connectivity index (χ0v) is 9.11. The molecule has 1 aromatic carbocycles. The van der Waals surface area contributed by atoms with Crippen LogP contribution in [0.15, 0.2) is 30.5 Å². The number of carbonyl (C=O) groups excluding carboxylic acids is 1. The number of rotatable bonds is 2. The summed E-state index contributed by atoms with van der Waals surface area (Å²) in [6.07, 6.45) is 1.60. The molecule has 2 rings (SSSR count). The van der Waals surface area contributed by atoms with Gasteiger partial charge in [0.05, 0.1) is 22.9 Å². The molecule has 0 N–H and O–H groups in total. The normalized spacial score (nSPS) is 12.7. The molecule has 15 heavy (non-hydrogen) atoms. The zero-order chi connectivity index (χ0) is 10.8. The molecule has 0 bridgehead atoms. The Morgan fingerprint density at radius 2 is 2.00 bits per heavy atom. The molecule has 76 valence electrons. The second-order valence-corrected chi connectivity index (χ2v) is 3.81. The van der Waals surface area contributed by atoms with Crippen molar-refractivity contribution < 1.29 is 4.79 Å². The molecule has 0 saturated heterocycles. The minimum Gasteiger partial charge on any atom is -0.298 e. The van der Waals surface area contributed by atoms with Crippen LogP contribution in [0.2, 0.25) is 0 Å². The van der Waals surface area contributed by atoms with Crippen molar-refractivity contribution in [3.8, 4) is 0 Å². The standard InChI is InChI=1S/C11H10N2OS/c1-7(14)11(15)10-6-12-8-4-2-3-5-9(8)13-10/h2-6,11,15H,1H3. The molecule has 1 heterocycles. The van der Waals surface area contributed by atoms with Crippen molar-refractivity contribution >= 4 is 29.4 Å². The first kappa shape index (κ1) is 10.1. The highest BCUT2D eigenvalue weighted by Gasteiger charge is 2.13. The van der Waals surface area contributed by atoms with E-state index in [2.05, 4.69) is 22.6 Å². The maximum Gasteiger partial charge on any atom is 0.148 e. The fraction of sp³-hybridized carbons (Fsp3) is 0.182. The van der Waals surface area contributed by atoms with E-state index in [-0.39, 0.29) is 5.78 Å². The molecule has 0 spiro atoms. The molecule has 0 saturated carbocycles. The van der Waals surface area contributed by atoms with Gasteiger partial charge in [0.2, 0.25) is 0 Å². The molecule has 1 aromatic heterocycles. The Morgan fingerprint density at radius 3 is 2.67 bits per heavy atom. The van der Waals surface area contributed by atoms with Crippen LogP contribution in [0.4, 0.5) is 0 Å². The van der Waals surface area contributed by atoms with Crippen LogP contribution >= 0.6 is 12.6 Å². The van der Waals surface area contributed by atoms with Gasteiger partial charge in [-0.1, -0.05) is 12.1 Å². The average Bonchev–Trinajstić information content (AvgIpc) is 2.27. The van der Waals surface area contributed by atoms with Crippen molar-refractivity contribution in [3.63, 3.8) is 0 Å². The summed E-state index contributed by atoms with van der Waals surface area (Å²) in [5.41, 5.74) is 2.21. The Bertz CT molecular complexity index is 513. The minimum absolute atomic E-state index is 0.0251. The van der Waals surface area contributed by atoms with Gasteiger partial charge in [0.25, 0.3) is 0 Å². The highest BCUT2D eigenvalue weighted by molar-refractivity contribution is 7.81. The maximum atomic E-state index is 11.1. The Labute approximate surface area is 93.0 Å². The molecule has 0 aliphatic rings. The first-order valence-corrected chi connectivity index (χ1v) is 5.10. The summed E-state index contributed by atoms with van der Waals surface area (Å²) in [5, 5.41) is -0.484. The Kier molecular flexibility index (Phi) is 2.68. The Balaban J connectivity index is 2.51. The molecule has 0 aliphatic carbocycles. The van der Waals surface area contributed by atoms with Gasteiger partial charge in [-0.15, -0.1) is 0 Å². The molecular formula is C11H10N2OS. The van der Waals surface area contributed by atoms with Gasteiger partial charge in [0.15, 0.2) is 0 Å². The highest BCUT2D eigenvalue weighted by Crippen LogP contribution is 2.19. The number of carbonyl (C=O) groups is 1. The first-order chi connectivity index (χ1) is 7.18. The topological polar surface area (TPSA) is 42.9 Å². The summed E-state index contributed by atoms with van der Waals surface area (Å²) in [7, 11) is 0. The van der Waals surface area contributed by atoms with Crippen LogP contribution in [0.3, 0.4) is 0 Å². The molecule has 0 amide bonds. The van der Waals surface area contributed by atoms with Gasteiger partial charge < -0.3 is 0 Å². The fourth-order valence-corrected chi connectivity index (χ4v) is 1.44. The molecule has 3 nitrogen and oxygen atoms in total. The van der Waals surface area contributed by atoms with Crippen LogP contribution in [-0.2, 0) is 4.79 Å². The second-order valence-electron chi connectivity index (χ2n) is 3.30. The molecule has 1 unspecified atom stereocenters. The third-order valence-electron chi connectivity index (χ3n) is 2.13. The lowest BCUT2D eigenvalue weighted by Crippen LogP contribution is -2.04. The van der Waals surface area contributed by atoms with Crippen LogP contribution in [0.5, 0.6) is 0 Å².